The van der Waals surface area contributed by atoms with Gasteiger partial charge in [-0.3, -0.25) is 0 Å². The monoisotopic (exact) mass is 338 g/mol. The van der Waals surface area contributed by atoms with Crippen molar-refractivity contribution in [2.24, 2.45) is 0 Å². The number of nitrogens with zero attached hydrogens (tertiary/aromatic N) is 3. The van der Waals surface area contributed by atoms with Gasteiger partial charge in [-0.1, -0.05) is 12.1 Å². The number of rotatable bonds is 4. The SMILES string of the molecule is COc1cc2ncnc(Sc3nc4ccccc4[nH]3)c2cc1OC. The summed E-state index contributed by atoms with van der Waals surface area (Å²) in [6, 6.07) is 11.7. The topological polar surface area (TPSA) is 72.9 Å². The first-order valence-corrected chi connectivity index (χ1v) is 8.09. The van der Waals surface area contributed by atoms with Crippen molar-refractivity contribution in [3.05, 3.63) is 42.7 Å². The number of aromatic nitrogens is 4. The summed E-state index contributed by atoms with van der Waals surface area (Å²) in [4.78, 5) is 16.6. The Morgan fingerprint density at radius 2 is 1.75 bits per heavy atom. The number of fused-ring (bicyclic) bond motifs is 2. The Hall–Kier alpha value is -2.80. The number of aromatic amines is 1. The molecule has 0 radical (unpaired) electrons. The molecule has 7 heteroatoms. The first-order chi connectivity index (χ1) is 11.8. The van der Waals surface area contributed by atoms with Gasteiger partial charge in [0, 0.05) is 11.5 Å². The molecular weight excluding hydrogens is 324 g/mol. The Morgan fingerprint density at radius 1 is 0.958 bits per heavy atom. The number of benzene rings is 2. The molecule has 0 fully saturated rings. The summed E-state index contributed by atoms with van der Waals surface area (Å²) in [5, 5.41) is 2.48. The maximum Gasteiger partial charge on any atom is 0.172 e. The predicted octanol–water partition coefficient (Wildman–Crippen LogP) is 3.67. The lowest BCUT2D eigenvalue weighted by atomic mass is 10.2. The van der Waals surface area contributed by atoms with Crippen LogP contribution in [0.1, 0.15) is 0 Å². The van der Waals surface area contributed by atoms with Gasteiger partial charge < -0.3 is 14.5 Å². The number of ether oxygens (including phenoxy) is 2. The largest absolute Gasteiger partial charge is 0.493 e. The Morgan fingerprint density at radius 3 is 2.54 bits per heavy atom. The smallest absolute Gasteiger partial charge is 0.172 e. The molecule has 2 heterocycles. The highest BCUT2D eigenvalue weighted by Gasteiger charge is 2.13. The fourth-order valence-electron chi connectivity index (χ4n) is 2.51. The molecule has 24 heavy (non-hydrogen) atoms. The lowest BCUT2D eigenvalue weighted by molar-refractivity contribution is 0.355. The van der Waals surface area contributed by atoms with Gasteiger partial charge in [-0.15, -0.1) is 0 Å². The third-order valence-electron chi connectivity index (χ3n) is 3.67. The van der Waals surface area contributed by atoms with Crippen LogP contribution in [0.4, 0.5) is 0 Å². The number of hydrogen-bond acceptors (Lipinski definition) is 6. The van der Waals surface area contributed by atoms with Crippen LogP contribution >= 0.6 is 11.8 Å². The fraction of sp³-hybridized carbons (Fsp3) is 0.118. The lowest BCUT2D eigenvalue weighted by Crippen LogP contribution is -1.93. The van der Waals surface area contributed by atoms with Crippen LogP contribution in [-0.4, -0.2) is 34.2 Å². The maximum atomic E-state index is 5.38. The van der Waals surface area contributed by atoms with Crippen molar-refractivity contribution in [2.75, 3.05) is 14.2 Å². The van der Waals surface area contributed by atoms with Crippen LogP contribution in [0.5, 0.6) is 11.5 Å². The summed E-state index contributed by atoms with van der Waals surface area (Å²) >= 11 is 1.46. The molecule has 2 aromatic carbocycles. The molecule has 0 spiro atoms. The van der Waals surface area contributed by atoms with Gasteiger partial charge in [-0.05, 0) is 30.0 Å². The van der Waals surface area contributed by atoms with E-state index in [1.807, 2.05) is 36.4 Å². The first kappa shape index (κ1) is 14.8. The van der Waals surface area contributed by atoms with Crippen LogP contribution in [0.25, 0.3) is 21.9 Å². The molecule has 0 aliphatic heterocycles. The molecule has 1 N–H and O–H groups in total. The van der Waals surface area contributed by atoms with Crippen molar-refractivity contribution in [1.29, 1.82) is 0 Å². The molecule has 0 atom stereocenters. The van der Waals surface area contributed by atoms with Crippen LogP contribution in [0.15, 0.2) is 52.9 Å². The summed E-state index contributed by atoms with van der Waals surface area (Å²) in [7, 11) is 3.22. The van der Waals surface area contributed by atoms with Crippen LogP contribution < -0.4 is 9.47 Å². The molecule has 0 saturated carbocycles. The molecule has 0 amide bonds. The quantitative estimate of drug-likeness (QED) is 0.572. The molecule has 0 saturated heterocycles. The predicted molar refractivity (Wildman–Crippen MR) is 92.9 cm³/mol. The molecule has 0 unspecified atom stereocenters. The minimum Gasteiger partial charge on any atom is -0.493 e. The molecule has 120 valence electrons. The van der Waals surface area contributed by atoms with Gasteiger partial charge in [0.2, 0.25) is 0 Å². The van der Waals surface area contributed by atoms with Gasteiger partial charge in [0.25, 0.3) is 0 Å². The van der Waals surface area contributed by atoms with Crippen LogP contribution in [-0.2, 0) is 0 Å². The number of nitrogens with one attached hydrogen (secondary N) is 1. The van der Waals surface area contributed by atoms with E-state index >= 15 is 0 Å². The zero-order valence-corrected chi connectivity index (χ0v) is 13.9. The zero-order chi connectivity index (χ0) is 16.5. The second-order valence-corrected chi connectivity index (χ2v) is 6.04. The minimum absolute atomic E-state index is 0.642. The van der Waals surface area contributed by atoms with E-state index < -0.39 is 0 Å². The van der Waals surface area contributed by atoms with Crippen molar-refractivity contribution < 1.29 is 9.47 Å². The van der Waals surface area contributed by atoms with Gasteiger partial charge in [0.1, 0.15) is 11.4 Å². The van der Waals surface area contributed by atoms with E-state index in [0.717, 1.165) is 32.1 Å². The minimum atomic E-state index is 0.642. The van der Waals surface area contributed by atoms with E-state index in [4.69, 9.17) is 9.47 Å². The van der Waals surface area contributed by atoms with Crippen LogP contribution in [0.3, 0.4) is 0 Å². The van der Waals surface area contributed by atoms with Crippen molar-refractivity contribution in [3.8, 4) is 11.5 Å². The normalized spacial score (nSPS) is 11.1. The van der Waals surface area contributed by atoms with Gasteiger partial charge in [-0.2, -0.15) is 0 Å². The third kappa shape index (κ3) is 2.52. The summed E-state index contributed by atoms with van der Waals surface area (Å²) in [6.07, 6.45) is 1.54. The number of methoxy groups -OCH3 is 2. The molecule has 0 bridgehead atoms. The molecule has 2 aromatic heterocycles. The number of hydrogen-bond donors (Lipinski definition) is 1. The number of para-hydroxylation sites is 2. The van der Waals surface area contributed by atoms with Gasteiger partial charge in [0.05, 0.1) is 30.8 Å². The average Bonchev–Trinajstić information content (AvgIpc) is 3.03. The second kappa shape index (κ2) is 6.01. The standard InChI is InChI=1S/C17H14N4O2S/c1-22-14-7-10-13(8-15(14)23-2)18-9-19-16(10)24-17-20-11-5-3-4-6-12(11)21-17/h3-9H,1-2H3,(H,20,21). The highest BCUT2D eigenvalue weighted by atomic mass is 32.2. The highest BCUT2D eigenvalue weighted by molar-refractivity contribution is 7.99. The fourth-order valence-corrected chi connectivity index (χ4v) is 3.37. The van der Waals surface area contributed by atoms with Gasteiger partial charge >= 0.3 is 0 Å². The number of imidazole rings is 1. The van der Waals surface area contributed by atoms with Gasteiger partial charge in [-0.25, -0.2) is 15.0 Å². The summed E-state index contributed by atoms with van der Waals surface area (Å²) in [5.74, 6) is 1.29. The van der Waals surface area contributed by atoms with Crippen molar-refractivity contribution in [2.45, 2.75) is 10.2 Å². The molecule has 4 rings (SSSR count). The highest BCUT2D eigenvalue weighted by Crippen LogP contribution is 2.36. The van der Waals surface area contributed by atoms with E-state index in [0.29, 0.717) is 11.5 Å². The average molecular weight is 338 g/mol. The Kier molecular flexibility index (Phi) is 3.70. The van der Waals surface area contributed by atoms with E-state index in [1.54, 1.807) is 20.5 Å². The Bertz CT molecular complexity index is 999. The first-order valence-electron chi connectivity index (χ1n) is 7.28. The molecular formula is C17H14N4O2S. The van der Waals surface area contributed by atoms with E-state index in [1.165, 1.54) is 11.8 Å². The summed E-state index contributed by atoms with van der Waals surface area (Å²) in [6.45, 7) is 0. The second-order valence-electron chi connectivity index (χ2n) is 5.06. The Labute approximate surface area is 142 Å². The number of H-pyrrole nitrogens is 1. The van der Waals surface area contributed by atoms with E-state index in [-0.39, 0.29) is 0 Å². The van der Waals surface area contributed by atoms with E-state index in [2.05, 4.69) is 19.9 Å². The molecule has 4 aromatic rings. The van der Waals surface area contributed by atoms with Crippen LogP contribution in [0, 0.1) is 0 Å². The van der Waals surface area contributed by atoms with Crippen molar-refractivity contribution in [1.82, 2.24) is 19.9 Å². The zero-order valence-electron chi connectivity index (χ0n) is 13.1. The Balaban J connectivity index is 1.80. The van der Waals surface area contributed by atoms with E-state index in [9.17, 15) is 0 Å². The molecule has 6 nitrogen and oxygen atoms in total. The molecule has 0 aliphatic rings. The van der Waals surface area contributed by atoms with Crippen LogP contribution in [0.2, 0.25) is 0 Å². The lowest BCUT2D eigenvalue weighted by Gasteiger charge is -2.10. The third-order valence-corrected chi connectivity index (χ3v) is 4.57. The summed E-state index contributed by atoms with van der Waals surface area (Å²) < 4.78 is 10.7. The maximum absolute atomic E-state index is 5.38. The summed E-state index contributed by atoms with van der Waals surface area (Å²) in [5.41, 5.74) is 2.72. The molecule has 0 aliphatic carbocycles. The van der Waals surface area contributed by atoms with Gasteiger partial charge in [0.15, 0.2) is 16.7 Å². The van der Waals surface area contributed by atoms with Crippen molar-refractivity contribution >= 4 is 33.7 Å². The van der Waals surface area contributed by atoms with Crippen molar-refractivity contribution in [3.63, 3.8) is 0 Å².